The lowest BCUT2D eigenvalue weighted by Gasteiger charge is -2.04. The molecule has 1 aliphatic heterocycles. The smallest absolute Gasteiger partial charge is 0.363 e. The van der Waals surface area contributed by atoms with Gasteiger partial charge in [0.05, 0.1) is 7.11 Å². The van der Waals surface area contributed by atoms with E-state index in [1.165, 1.54) is 43.5 Å². The molecule has 1 aliphatic rings. The van der Waals surface area contributed by atoms with Crippen LogP contribution in [-0.2, 0) is 16.0 Å². The molecule has 0 spiro atoms. The molecular weight excluding hydrogens is 316 g/mol. The fourth-order valence-corrected chi connectivity index (χ4v) is 2.27. The predicted molar refractivity (Wildman–Crippen MR) is 84.6 cm³/mol. The summed E-state index contributed by atoms with van der Waals surface area (Å²) in [5.74, 6) is -0.807. The van der Waals surface area contributed by atoms with Crippen LogP contribution in [0, 0.1) is 11.6 Å². The number of benzene rings is 2. The van der Waals surface area contributed by atoms with E-state index in [0.29, 0.717) is 11.3 Å². The zero-order valence-corrected chi connectivity index (χ0v) is 12.8. The summed E-state index contributed by atoms with van der Waals surface area (Å²) in [7, 11) is 1.45. The van der Waals surface area contributed by atoms with Crippen LogP contribution in [0.4, 0.5) is 8.78 Å². The number of cyclic esters (lactones) is 1. The van der Waals surface area contributed by atoms with E-state index in [1.54, 1.807) is 12.1 Å². The SMILES string of the molecule is COc1ccc(F)cc1/C=C1/N=C(Cc2ccc(F)cc2)OC1=O. The average Bonchev–Trinajstić information content (AvgIpc) is 2.89. The molecule has 0 N–H and O–H groups in total. The molecule has 2 aromatic carbocycles. The van der Waals surface area contributed by atoms with Crippen molar-refractivity contribution < 1.29 is 23.0 Å². The van der Waals surface area contributed by atoms with Crippen molar-refractivity contribution in [3.05, 3.63) is 70.9 Å². The molecule has 0 saturated carbocycles. The van der Waals surface area contributed by atoms with Gasteiger partial charge in [0.2, 0.25) is 5.90 Å². The zero-order valence-electron chi connectivity index (χ0n) is 12.8. The van der Waals surface area contributed by atoms with Crippen molar-refractivity contribution in [2.75, 3.05) is 7.11 Å². The van der Waals surface area contributed by atoms with Crippen LogP contribution in [0.2, 0.25) is 0 Å². The van der Waals surface area contributed by atoms with Crippen LogP contribution >= 0.6 is 0 Å². The molecule has 122 valence electrons. The van der Waals surface area contributed by atoms with Crippen molar-refractivity contribution in [2.24, 2.45) is 4.99 Å². The Balaban J connectivity index is 1.86. The van der Waals surface area contributed by atoms with Gasteiger partial charge in [-0.05, 0) is 42.0 Å². The molecule has 0 unspecified atom stereocenters. The van der Waals surface area contributed by atoms with Gasteiger partial charge >= 0.3 is 5.97 Å². The first-order valence-corrected chi connectivity index (χ1v) is 7.14. The van der Waals surface area contributed by atoms with E-state index in [9.17, 15) is 13.6 Å². The summed E-state index contributed by atoms with van der Waals surface area (Å²) in [6.07, 6.45) is 1.66. The van der Waals surface area contributed by atoms with E-state index in [1.807, 2.05) is 0 Å². The molecule has 0 saturated heterocycles. The fourth-order valence-electron chi connectivity index (χ4n) is 2.27. The molecule has 0 fully saturated rings. The molecule has 0 radical (unpaired) electrons. The van der Waals surface area contributed by atoms with E-state index in [4.69, 9.17) is 9.47 Å². The molecular formula is C18H13F2NO3. The maximum Gasteiger partial charge on any atom is 0.363 e. The van der Waals surface area contributed by atoms with Crippen molar-refractivity contribution in [3.63, 3.8) is 0 Å². The predicted octanol–water partition coefficient (Wildman–Crippen LogP) is 3.51. The largest absolute Gasteiger partial charge is 0.496 e. The van der Waals surface area contributed by atoms with Crippen LogP contribution in [0.3, 0.4) is 0 Å². The van der Waals surface area contributed by atoms with Crippen LogP contribution < -0.4 is 4.74 Å². The Morgan fingerprint density at radius 1 is 1.12 bits per heavy atom. The molecule has 0 bridgehead atoms. The first-order valence-electron chi connectivity index (χ1n) is 7.14. The summed E-state index contributed by atoms with van der Waals surface area (Å²) in [5.41, 5.74) is 1.19. The number of esters is 1. The summed E-state index contributed by atoms with van der Waals surface area (Å²) >= 11 is 0. The van der Waals surface area contributed by atoms with Gasteiger partial charge in [-0.2, -0.15) is 0 Å². The van der Waals surface area contributed by atoms with Gasteiger partial charge in [0.15, 0.2) is 5.70 Å². The van der Waals surface area contributed by atoms with Crippen molar-refractivity contribution in [2.45, 2.75) is 6.42 Å². The van der Waals surface area contributed by atoms with Crippen LogP contribution in [0.5, 0.6) is 5.75 Å². The van der Waals surface area contributed by atoms with Gasteiger partial charge in [-0.3, -0.25) is 0 Å². The van der Waals surface area contributed by atoms with Gasteiger partial charge < -0.3 is 9.47 Å². The lowest BCUT2D eigenvalue weighted by molar-refractivity contribution is -0.130. The summed E-state index contributed by atoms with van der Waals surface area (Å²) in [5, 5.41) is 0. The van der Waals surface area contributed by atoms with Crippen LogP contribution in [0.15, 0.2) is 53.2 Å². The summed E-state index contributed by atoms with van der Waals surface area (Å²) < 4.78 is 36.5. The van der Waals surface area contributed by atoms with Gasteiger partial charge in [0, 0.05) is 12.0 Å². The lowest BCUT2D eigenvalue weighted by atomic mass is 10.1. The van der Waals surface area contributed by atoms with Crippen molar-refractivity contribution in [1.29, 1.82) is 0 Å². The average molecular weight is 329 g/mol. The number of hydrogen-bond donors (Lipinski definition) is 0. The number of ether oxygens (including phenoxy) is 2. The Bertz CT molecular complexity index is 842. The molecule has 2 aromatic rings. The highest BCUT2D eigenvalue weighted by Gasteiger charge is 2.23. The molecule has 0 aromatic heterocycles. The third-order valence-electron chi connectivity index (χ3n) is 3.42. The van der Waals surface area contributed by atoms with Crippen LogP contribution in [0.1, 0.15) is 11.1 Å². The summed E-state index contributed by atoms with van der Waals surface area (Å²) in [6.45, 7) is 0. The Kier molecular flexibility index (Phi) is 4.37. The molecule has 1 heterocycles. The van der Waals surface area contributed by atoms with E-state index in [0.717, 1.165) is 5.56 Å². The third kappa shape index (κ3) is 3.48. The van der Waals surface area contributed by atoms with Crippen molar-refractivity contribution in [3.8, 4) is 5.75 Å². The summed E-state index contributed by atoms with van der Waals surface area (Å²) in [4.78, 5) is 16.0. The topological polar surface area (TPSA) is 47.9 Å². The van der Waals surface area contributed by atoms with E-state index < -0.39 is 11.8 Å². The van der Waals surface area contributed by atoms with Crippen LogP contribution in [-0.4, -0.2) is 19.0 Å². The van der Waals surface area contributed by atoms with Crippen LogP contribution in [0.25, 0.3) is 6.08 Å². The number of carbonyl (C=O) groups excluding carboxylic acids is 1. The number of rotatable bonds is 4. The minimum absolute atomic E-state index is 0.0519. The number of hydrogen-bond acceptors (Lipinski definition) is 4. The number of aliphatic imine (C=N–C) groups is 1. The second kappa shape index (κ2) is 6.62. The highest BCUT2D eigenvalue weighted by molar-refractivity contribution is 6.07. The maximum absolute atomic E-state index is 13.4. The molecule has 4 nitrogen and oxygen atoms in total. The van der Waals surface area contributed by atoms with Gasteiger partial charge in [-0.1, -0.05) is 12.1 Å². The second-order valence-electron chi connectivity index (χ2n) is 5.11. The number of carbonyl (C=O) groups is 1. The Morgan fingerprint density at radius 2 is 1.83 bits per heavy atom. The molecule has 0 atom stereocenters. The quantitative estimate of drug-likeness (QED) is 0.637. The molecule has 3 rings (SSSR count). The Labute approximate surface area is 137 Å². The summed E-state index contributed by atoms with van der Waals surface area (Å²) in [6, 6.07) is 9.78. The minimum Gasteiger partial charge on any atom is -0.496 e. The van der Waals surface area contributed by atoms with E-state index in [-0.39, 0.29) is 23.8 Å². The first kappa shape index (κ1) is 15.9. The highest BCUT2D eigenvalue weighted by atomic mass is 19.1. The van der Waals surface area contributed by atoms with Crippen molar-refractivity contribution in [1.82, 2.24) is 0 Å². The fraction of sp³-hybridized carbons (Fsp3) is 0.111. The first-order chi connectivity index (χ1) is 11.5. The lowest BCUT2D eigenvalue weighted by Crippen LogP contribution is -2.06. The normalized spacial score (nSPS) is 15.4. The van der Waals surface area contributed by atoms with E-state index in [2.05, 4.69) is 4.99 Å². The Morgan fingerprint density at radius 3 is 2.54 bits per heavy atom. The molecule has 0 aliphatic carbocycles. The van der Waals surface area contributed by atoms with Crippen molar-refractivity contribution >= 4 is 17.9 Å². The van der Waals surface area contributed by atoms with Gasteiger partial charge in [-0.15, -0.1) is 0 Å². The maximum atomic E-state index is 13.4. The molecule has 6 heteroatoms. The standard InChI is InChI=1S/C18H13F2NO3/c1-23-16-7-6-14(20)9-12(16)10-15-18(22)24-17(21-15)8-11-2-4-13(19)5-3-11/h2-7,9-10H,8H2,1H3/b15-10+. The van der Waals surface area contributed by atoms with E-state index >= 15 is 0 Å². The second-order valence-corrected chi connectivity index (χ2v) is 5.11. The van der Waals surface area contributed by atoms with Gasteiger partial charge in [0.1, 0.15) is 17.4 Å². The number of halogens is 2. The number of nitrogens with zero attached hydrogens (tertiary/aromatic N) is 1. The Hall–Kier alpha value is -3.02. The highest BCUT2D eigenvalue weighted by Crippen LogP contribution is 2.25. The van der Waals surface area contributed by atoms with Gasteiger partial charge in [-0.25, -0.2) is 18.6 Å². The molecule has 24 heavy (non-hydrogen) atoms. The minimum atomic E-state index is -0.626. The monoisotopic (exact) mass is 329 g/mol. The van der Waals surface area contributed by atoms with Gasteiger partial charge in [0.25, 0.3) is 0 Å². The third-order valence-corrected chi connectivity index (χ3v) is 3.42. The molecule has 0 amide bonds. The zero-order chi connectivity index (χ0) is 17.1. The number of methoxy groups -OCH3 is 1.